The van der Waals surface area contributed by atoms with Crippen molar-refractivity contribution in [1.82, 2.24) is 0 Å². The zero-order valence-electron chi connectivity index (χ0n) is 10.9. The SMILES string of the molecule is CC(Nc1ccc(C(=O)O)cc1N)c1cccc(Cl)c1. The van der Waals surface area contributed by atoms with Crippen molar-refractivity contribution in [3.8, 4) is 0 Å². The molecule has 5 heteroatoms. The number of carboxylic acid groups (broad SMARTS) is 1. The number of benzene rings is 2. The van der Waals surface area contributed by atoms with Crippen molar-refractivity contribution in [2.24, 2.45) is 0 Å². The van der Waals surface area contributed by atoms with Crippen LogP contribution in [0.1, 0.15) is 28.9 Å². The van der Waals surface area contributed by atoms with Gasteiger partial charge in [-0.3, -0.25) is 0 Å². The highest BCUT2D eigenvalue weighted by Crippen LogP contribution is 2.26. The molecule has 0 aromatic heterocycles. The fraction of sp³-hybridized carbons (Fsp3) is 0.133. The number of carboxylic acids is 1. The first-order valence-corrected chi connectivity index (χ1v) is 6.50. The number of rotatable bonds is 4. The molecule has 0 aliphatic heterocycles. The van der Waals surface area contributed by atoms with Crippen LogP contribution in [0.3, 0.4) is 0 Å². The van der Waals surface area contributed by atoms with Gasteiger partial charge in [0.2, 0.25) is 0 Å². The molecule has 0 heterocycles. The maximum Gasteiger partial charge on any atom is 0.335 e. The smallest absolute Gasteiger partial charge is 0.335 e. The molecule has 0 radical (unpaired) electrons. The third-order valence-corrected chi connectivity index (χ3v) is 3.25. The van der Waals surface area contributed by atoms with Crippen LogP contribution in [0.15, 0.2) is 42.5 Å². The van der Waals surface area contributed by atoms with Crippen LogP contribution in [0, 0.1) is 0 Å². The minimum Gasteiger partial charge on any atom is -0.478 e. The first-order valence-electron chi connectivity index (χ1n) is 6.12. The molecule has 2 aromatic carbocycles. The number of nitrogens with two attached hydrogens (primary N) is 1. The van der Waals surface area contributed by atoms with E-state index in [-0.39, 0.29) is 11.6 Å². The van der Waals surface area contributed by atoms with Crippen LogP contribution in [0.4, 0.5) is 11.4 Å². The van der Waals surface area contributed by atoms with E-state index in [4.69, 9.17) is 22.4 Å². The topological polar surface area (TPSA) is 75.3 Å². The second-order valence-corrected chi connectivity index (χ2v) is 4.96. The Balaban J connectivity index is 2.19. The highest BCUT2D eigenvalue weighted by molar-refractivity contribution is 6.30. The second kappa shape index (κ2) is 5.84. The van der Waals surface area contributed by atoms with Crippen molar-refractivity contribution in [2.75, 3.05) is 11.1 Å². The molecule has 1 unspecified atom stereocenters. The lowest BCUT2D eigenvalue weighted by atomic mass is 10.1. The highest BCUT2D eigenvalue weighted by atomic mass is 35.5. The molecule has 0 fully saturated rings. The first kappa shape index (κ1) is 14.2. The van der Waals surface area contributed by atoms with E-state index in [9.17, 15) is 4.79 Å². The Kier molecular flexibility index (Phi) is 4.15. The number of anilines is 2. The Morgan fingerprint density at radius 3 is 2.65 bits per heavy atom. The lowest BCUT2D eigenvalue weighted by Crippen LogP contribution is -2.09. The van der Waals surface area contributed by atoms with E-state index in [1.165, 1.54) is 12.1 Å². The van der Waals surface area contributed by atoms with Crippen LogP contribution in [-0.2, 0) is 0 Å². The molecular formula is C15H15ClN2O2. The highest BCUT2D eigenvalue weighted by Gasteiger charge is 2.10. The van der Waals surface area contributed by atoms with Gasteiger partial charge >= 0.3 is 5.97 Å². The summed E-state index contributed by atoms with van der Waals surface area (Å²) in [4.78, 5) is 10.9. The molecule has 104 valence electrons. The summed E-state index contributed by atoms with van der Waals surface area (Å²) in [6.45, 7) is 1.98. The predicted molar refractivity (Wildman–Crippen MR) is 81.3 cm³/mol. The quantitative estimate of drug-likeness (QED) is 0.749. The van der Waals surface area contributed by atoms with Crippen molar-refractivity contribution in [2.45, 2.75) is 13.0 Å². The molecule has 1 atom stereocenters. The summed E-state index contributed by atoms with van der Waals surface area (Å²) in [5.74, 6) is -0.994. The van der Waals surface area contributed by atoms with Gasteiger partial charge in [-0.1, -0.05) is 23.7 Å². The van der Waals surface area contributed by atoms with Crippen molar-refractivity contribution < 1.29 is 9.90 Å². The van der Waals surface area contributed by atoms with Crippen LogP contribution in [0.25, 0.3) is 0 Å². The second-order valence-electron chi connectivity index (χ2n) is 4.53. The lowest BCUT2D eigenvalue weighted by Gasteiger charge is -2.17. The number of carbonyl (C=O) groups is 1. The largest absolute Gasteiger partial charge is 0.478 e. The Morgan fingerprint density at radius 2 is 2.05 bits per heavy atom. The normalized spacial score (nSPS) is 11.9. The summed E-state index contributed by atoms with van der Waals surface area (Å²) < 4.78 is 0. The third-order valence-electron chi connectivity index (χ3n) is 3.02. The molecule has 0 amide bonds. The average Bonchev–Trinajstić information content (AvgIpc) is 2.40. The van der Waals surface area contributed by atoms with E-state index in [0.717, 1.165) is 5.56 Å². The monoisotopic (exact) mass is 290 g/mol. The zero-order valence-corrected chi connectivity index (χ0v) is 11.7. The van der Waals surface area contributed by atoms with Crippen LogP contribution in [0.5, 0.6) is 0 Å². The standard InChI is InChI=1S/C15H15ClN2O2/c1-9(10-3-2-4-12(16)7-10)18-14-6-5-11(15(19)20)8-13(14)17/h2-9,18H,17H2,1H3,(H,19,20). The number of nitrogen functional groups attached to an aromatic ring is 1. The van der Waals surface area contributed by atoms with Gasteiger partial charge in [-0.05, 0) is 42.8 Å². The molecule has 0 aliphatic rings. The molecule has 0 saturated heterocycles. The molecule has 0 spiro atoms. The van der Waals surface area contributed by atoms with Crippen LogP contribution < -0.4 is 11.1 Å². The minimum absolute atomic E-state index is 0.00618. The zero-order chi connectivity index (χ0) is 14.7. The number of hydrogen-bond donors (Lipinski definition) is 3. The van der Waals surface area contributed by atoms with Gasteiger partial charge in [-0.2, -0.15) is 0 Å². The summed E-state index contributed by atoms with van der Waals surface area (Å²) in [6.07, 6.45) is 0. The molecule has 0 aliphatic carbocycles. The fourth-order valence-electron chi connectivity index (χ4n) is 1.92. The average molecular weight is 291 g/mol. The van der Waals surface area contributed by atoms with Crippen molar-refractivity contribution >= 4 is 28.9 Å². The van der Waals surface area contributed by atoms with E-state index in [0.29, 0.717) is 16.4 Å². The van der Waals surface area contributed by atoms with E-state index in [1.807, 2.05) is 31.2 Å². The molecule has 2 aromatic rings. The number of nitrogens with one attached hydrogen (secondary N) is 1. The number of aromatic carboxylic acids is 1. The summed E-state index contributed by atoms with van der Waals surface area (Å²) in [6, 6.07) is 12.2. The predicted octanol–water partition coefficient (Wildman–Crippen LogP) is 3.79. The Labute approximate surface area is 122 Å². The van der Waals surface area contributed by atoms with Crippen LogP contribution in [0.2, 0.25) is 5.02 Å². The van der Waals surface area contributed by atoms with E-state index >= 15 is 0 Å². The van der Waals surface area contributed by atoms with Crippen molar-refractivity contribution in [1.29, 1.82) is 0 Å². The fourth-order valence-corrected chi connectivity index (χ4v) is 2.12. The van der Waals surface area contributed by atoms with Gasteiger partial charge < -0.3 is 16.2 Å². The van der Waals surface area contributed by atoms with Crippen LogP contribution >= 0.6 is 11.6 Å². The summed E-state index contributed by atoms with van der Waals surface area (Å²) in [5.41, 5.74) is 8.16. The number of hydrogen-bond acceptors (Lipinski definition) is 3. The van der Waals surface area contributed by atoms with Gasteiger partial charge in [0.05, 0.1) is 16.9 Å². The summed E-state index contributed by atoms with van der Waals surface area (Å²) in [5, 5.41) is 12.8. The molecule has 4 N–H and O–H groups in total. The van der Waals surface area contributed by atoms with Gasteiger partial charge in [0.1, 0.15) is 0 Å². The van der Waals surface area contributed by atoms with Gasteiger partial charge in [0.25, 0.3) is 0 Å². The summed E-state index contributed by atoms with van der Waals surface area (Å²) in [7, 11) is 0. The molecule has 4 nitrogen and oxygen atoms in total. The summed E-state index contributed by atoms with van der Waals surface area (Å²) >= 11 is 5.96. The molecule has 2 rings (SSSR count). The van der Waals surface area contributed by atoms with Gasteiger partial charge in [-0.25, -0.2) is 4.79 Å². The maximum absolute atomic E-state index is 10.9. The van der Waals surface area contributed by atoms with Crippen molar-refractivity contribution in [3.63, 3.8) is 0 Å². The van der Waals surface area contributed by atoms with Gasteiger partial charge in [0, 0.05) is 11.1 Å². The van der Waals surface area contributed by atoms with E-state index < -0.39 is 5.97 Å². The molecular weight excluding hydrogens is 276 g/mol. The minimum atomic E-state index is -0.994. The molecule has 0 saturated carbocycles. The van der Waals surface area contributed by atoms with Crippen molar-refractivity contribution in [3.05, 3.63) is 58.6 Å². The molecule has 20 heavy (non-hydrogen) atoms. The Morgan fingerprint density at radius 1 is 1.30 bits per heavy atom. The maximum atomic E-state index is 10.9. The first-order chi connectivity index (χ1) is 9.47. The Hall–Kier alpha value is -2.20. The third kappa shape index (κ3) is 3.22. The van der Waals surface area contributed by atoms with Gasteiger partial charge in [0.15, 0.2) is 0 Å². The molecule has 0 bridgehead atoms. The number of halogens is 1. The Bertz CT molecular complexity index is 644. The van der Waals surface area contributed by atoms with E-state index in [2.05, 4.69) is 5.32 Å². The van der Waals surface area contributed by atoms with Gasteiger partial charge in [-0.15, -0.1) is 0 Å². The van der Waals surface area contributed by atoms with Crippen LogP contribution in [-0.4, -0.2) is 11.1 Å². The lowest BCUT2D eigenvalue weighted by molar-refractivity contribution is 0.0697. The van der Waals surface area contributed by atoms with E-state index in [1.54, 1.807) is 6.07 Å².